The fourth-order valence-electron chi connectivity index (χ4n) is 6.83. The lowest BCUT2D eigenvalue weighted by Crippen LogP contribution is -2.36. The predicted molar refractivity (Wildman–Crippen MR) is 150 cm³/mol. The van der Waals surface area contributed by atoms with Crippen LogP contribution in [0.3, 0.4) is 0 Å². The van der Waals surface area contributed by atoms with Gasteiger partial charge in [-0.3, -0.25) is 0 Å². The van der Waals surface area contributed by atoms with Crippen LogP contribution in [0.4, 0.5) is 4.39 Å². The summed E-state index contributed by atoms with van der Waals surface area (Å²) in [5.41, 5.74) is 3.99. The Hall–Kier alpha value is -2.75. The van der Waals surface area contributed by atoms with Crippen LogP contribution >= 0.6 is 0 Å². The molecule has 1 atom stereocenters. The highest BCUT2D eigenvalue weighted by Gasteiger charge is 2.27. The van der Waals surface area contributed by atoms with E-state index in [-0.39, 0.29) is 17.8 Å². The minimum atomic E-state index is -0.118. The molecule has 3 nitrogen and oxygen atoms in total. The number of hydrogen-bond donors (Lipinski definition) is 1. The van der Waals surface area contributed by atoms with E-state index in [1.54, 1.807) is 6.07 Å². The van der Waals surface area contributed by atoms with Gasteiger partial charge in [-0.2, -0.15) is 0 Å². The van der Waals surface area contributed by atoms with Gasteiger partial charge in [-0.1, -0.05) is 65.0 Å². The zero-order valence-electron chi connectivity index (χ0n) is 21.9. The van der Waals surface area contributed by atoms with Crippen molar-refractivity contribution in [2.24, 2.45) is 5.92 Å². The molecule has 0 radical (unpaired) electrons. The summed E-state index contributed by atoms with van der Waals surface area (Å²) in [6.45, 7) is 23.3. The van der Waals surface area contributed by atoms with Crippen molar-refractivity contribution in [1.82, 2.24) is 14.8 Å². The summed E-state index contributed by atoms with van der Waals surface area (Å²) >= 11 is 0. The molecule has 2 aromatic rings. The molecule has 2 saturated heterocycles. The van der Waals surface area contributed by atoms with E-state index in [1.807, 2.05) is 6.07 Å². The van der Waals surface area contributed by atoms with Gasteiger partial charge in [0.2, 0.25) is 0 Å². The van der Waals surface area contributed by atoms with Crippen molar-refractivity contribution in [2.75, 3.05) is 13.1 Å². The topological polar surface area (TPSA) is 20.2 Å². The second-order valence-electron chi connectivity index (χ2n) is 11.4. The number of hydrogen-bond acceptors (Lipinski definition) is 2. The molecule has 1 unspecified atom stereocenters. The molecule has 36 heavy (non-hydrogen) atoms. The SMILES string of the molecule is C=C1CCC(n2c(=C)c3cc(F)c(C4CCN(C(=C)CCC5CCCCC5)CC4)cc3c2=C)C(=C)N1. The number of piperidine rings is 2. The smallest absolute Gasteiger partial charge is 0.127 e. The second-order valence-corrected chi connectivity index (χ2v) is 11.4. The number of allylic oxidation sites excluding steroid dienone is 3. The van der Waals surface area contributed by atoms with Crippen molar-refractivity contribution in [3.8, 4) is 0 Å². The molecule has 5 rings (SSSR count). The summed E-state index contributed by atoms with van der Waals surface area (Å²) in [5.74, 6) is 0.992. The van der Waals surface area contributed by atoms with Crippen LogP contribution in [0.25, 0.3) is 23.9 Å². The quantitative estimate of drug-likeness (QED) is 0.495. The number of fused-ring (bicyclic) bond motifs is 1. The van der Waals surface area contributed by atoms with Crippen molar-refractivity contribution >= 4 is 23.9 Å². The lowest BCUT2D eigenvalue weighted by atomic mass is 9.85. The van der Waals surface area contributed by atoms with E-state index in [4.69, 9.17) is 0 Å². The number of halogens is 1. The minimum absolute atomic E-state index is 0.0530. The Labute approximate surface area is 215 Å². The van der Waals surface area contributed by atoms with Crippen LogP contribution in [0.1, 0.15) is 88.2 Å². The Morgan fingerprint density at radius 1 is 0.917 bits per heavy atom. The van der Waals surface area contributed by atoms with Crippen LogP contribution in [0.2, 0.25) is 0 Å². The number of aromatic nitrogens is 1. The van der Waals surface area contributed by atoms with Gasteiger partial charge >= 0.3 is 0 Å². The highest BCUT2D eigenvalue weighted by molar-refractivity contribution is 5.84. The maximum absolute atomic E-state index is 15.4. The van der Waals surface area contributed by atoms with E-state index >= 15 is 4.39 Å². The molecule has 3 fully saturated rings. The first kappa shape index (κ1) is 24.9. The number of rotatable bonds is 6. The number of nitrogens with zero attached hydrogens (tertiary/aromatic N) is 2. The zero-order chi connectivity index (χ0) is 25.4. The average Bonchev–Trinajstić information content (AvgIpc) is 3.11. The Morgan fingerprint density at radius 3 is 2.25 bits per heavy atom. The molecule has 3 heterocycles. The fraction of sp³-hybridized carbons (Fsp3) is 0.500. The molecule has 0 amide bonds. The molecule has 2 aliphatic heterocycles. The van der Waals surface area contributed by atoms with E-state index in [0.717, 1.165) is 89.5 Å². The van der Waals surface area contributed by atoms with Crippen LogP contribution in [-0.2, 0) is 0 Å². The van der Waals surface area contributed by atoms with Crippen molar-refractivity contribution in [1.29, 1.82) is 0 Å². The molecule has 0 bridgehead atoms. The van der Waals surface area contributed by atoms with E-state index in [9.17, 15) is 0 Å². The first-order valence-corrected chi connectivity index (χ1v) is 13.9. The van der Waals surface area contributed by atoms with Crippen LogP contribution in [0, 0.1) is 11.7 Å². The van der Waals surface area contributed by atoms with E-state index in [0.29, 0.717) is 0 Å². The number of likely N-dealkylation sites (tertiary alicyclic amines) is 1. The molecule has 1 aromatic carbocycles. The maximum atomic E-state index is 15.4. The molecular weight excluding hydrogens is 445 g/mol. The zero-order valence-corrected chi connectivity index (χ0v) is 21.9. The van der Waals surface area contributed by atoms with Crippen molar-refractivity contribution in [3.63, 3.8) is 0 Å². The predicted octanol–water partition coefficient (Wildman–Crippen LogP) is 6.61. The lowest BCUT2D eigenvalue weighted by Gasteiger charge is -2.35. The van der Waals surface area contributed by atoms with Gasteiger partial charge in [-0.15, -0.1) is 0 Å². The highest BCUT2D eigenvalue weighted by atomic mass is 19.1. The van der Waals surface area contributed by atoms with Crippen molar-refractivity contribution < 1.29 is 4.39 Å². The van der Waals surface area contributed by atoms with E-state index in [2.05, 4.69) is 47.7 Å². The molecule has 1 aliphatic carbocycles. The Morgan fingerprint density at radius 2 is 1.58 bits per heavy atom. The van der Waals surface area contributed by atoms with Crippen molar-refractivity contribution in [3.05, 3.63) is 71.0 Å². The normalized spacial score (nSPS) is 22.2. The van der Waals surface area contributed by atoms with Gasteiger partial charge in [-0.05, 0) is 68.1 Å². The highest BCUT2D eigenvalue weighted by Crippen LogP contribution is 2.35. The molecular formula is C32H42FN3. The lowest BCUT2D eigenvalue weighted by molar-refractivity contribution is 0.245. The van der Waals surface area contributed by atoms with Crippen LogP contribution in [-0.4, -0.2) is 22.6 Å². The van der Waals surface area contributed by atoms with Gasteiger partial charge in [0.15, 0.2) is 0 Å². The fourth-order valence-corrected chi connectivity index (χ4v) is 6.83. The third-order valence-corrected chi connectivity index (χ3v) is 9.06. The van der Waals surface area contributed by atoms with Gasteiger partial charge in [0.1, 0.15) is 5.82 Å². The monoisotopic (exact) mass is 487 g/mol. The van der Waals surface area contributed by atoms with E-state index < -0.39 is 0 Å². The summed E-state index contributed by atoms with van der Waals surface area (Å²) in [6, 6.07) is 3.79. The maximum Gasteiger partial charge on any atom is 0.127 e. The minimum Gasteiger partial charge on any atom is -0.375 e. The van der Waals surface area contributed by atoms with E-state index in [1.165, 1.54) is 44.2 Å². The molecule has 1 saturated carbocycles. The first-order valence-electron chi connectivity index (χ1n) is 13.9. The largest absolute Gasteiger partial charge is 0.375 e. The third-order valence-electron chi connectivity index (χ3n) is 9.06. The molecule has 192 valence electrons. The number of benzene rings is 1. The average molecular weight is 488 g/mol. The standard InChI is InChI=1S/C32H42FN3/c1-21-11-14-32(23(3)34-21)36-24(4)28-19-30(31(33)20-29(28)25(36)5)27-15-17-35(18-16-27)22(2)12-13-26-9-7-6-8-10-26/h19-20,26-27,32,34H,1-18H2. The molecule has 4 heteroatoms. The molecule has 0 spiro atoms. The van der Waals surface area contributed by atoms with Crippen LogP contribution in [0.5, 0.6) is 0 Å². The van der Waals surface area contributed by atoms with Gasteiger partial charge < -0.3 is 14.8 Å². The van der Waals surface area contributed by atoms with Gasteiger partial charge in [0.05, 0.1) is 6.04 Å². The Balaban J connectivity index is 1.29. The van der Waals surface area contributed by atoms with Gasteiger partial charge in [0.25, 0.3) is 0 Å². The molecule has 1 N–H and O–H groups in total. The number of nitrogens with one attached hydrogen (secondary N) is 1. The van der Waals surface area contributed by atoms with Crippen LogP contribution < -0.4 is 16.0 Å². The molecule has 1 aromatic heterocycles. The summed E-state index contributed by atoms with van der Waals surface area (Å²) in [7, 11) is 0. The first-order chi connectivity index (χ1) is 17.3. The van der Waals surface area contributed by atoms with Gasteiger partial charge in [0, 0.05) is 51.7 Å². The Kier molecular flexibility index (Phi) is 7.14. The Bertz CT molecular complexity index is 1270. The molecule has 3 aliphatic rings. The van der Waals surface area contributed by atoms with Crippen molar-refractivity contribution in [2.45, 2.75) is 82.6 Å². The third kappa shape index (κ3) is 4.79. The summed E-state index contributed by atoms with van der Waals surface area (Å²) < 4.78 is 17.6. The van der Waals surface area contributed by atoms with Crippen LogP contribution in [0.15, 0.2) is 49.0 Å². The summed E-state index contributed by atoms with van der Waals surface area (Å²) in [4.78, 5) is 2.45. The summed E-state index contributed by atoms with van der Waals surface area (Å²) in [5, 5.41) is 6.86. The van der Waals surface area contributed by atoms with Gasteiger partial charge in [-0.25, -0.2) is 4.39 Å². The summed E-state index contributed by atoms with van der Waals surface area (Å²) in [6.07, 6.45) is 13.1. The second kappa shape index (κ2) is 10.3.